The van der Waals surface area contributed by atoms with Gasteiger partial charge in [0, 0.05) is 24.8 Å². The Morgan fingerprint density at radius 3 is 2.67 bits per heavy atom. The first kappa shape index (κ1) is 23.5. The van der Waals surface area contributed by atoms with Gasteiger partial charge in [0.25, 0.3) is 5.91 Å². The second kappa shape index (κ2) is 9.32. The topological polar surface area (TPSA) is 105 Å². The lowest BCUT2D eigenvalue weighted by molar-refractivity contribution is -0.121. The molecule has 33 heavy (non-hydrogen) atoms. The Labute approximate surface area is 198 Å². The average molecular weight is 492 g/mol. The molecule has 2 amide bonds. The first-order valence-corrected chi connectivity index (χ1v) is 12.6. The van der Waals surface area contributed by atoms with Crippen LogP contribution in [0.2, 0.25) is 5.02 Å². The van der Waals surface area contributed by atoms with Gasteiger partial charge >= 0.3 is 0 Å². The maximum Gasteiger partial charge on any atom is 0.262 e. The Kier molecular flexibility index (Phi) is 6.65. The fourth-order valence-electron chi connectivity index (χ4n) is 3.99. The van der Waals surface area contributed by atoms with E-state index >= 15 is 0 Å². The number of anilines is 2. The molecule has 2 aromatic rings. The lowest BCUT2D eigenvalue weighted by Crippen LogP contribution is -2.43. The fraction of sp³-hybridized carbons (Fsp3) is 0.391. The zero-order chi connectivity index (χ0) is 23.8. The van der Waals surface area contributed by atoms with Crippen molar-refractivity contribution in [3.8, 4) is 5.75 Å². The van der Waals surface area contributed by atoms with E-state index in [4.69, 9.17) is 16.3 Å². The highest BCUT2D eigenvalue weighted by atomic mass is 35.5. The van der Waals surface area contributed by atoms with Crippen LogP contribution in [0.4, 0.5) is 11.4 Å². The van der Waals surface area contributed by atoms with Crippen LogP contribution >= 0.6 is 11.6 Å². The van der Waals surface area contributed by atoms with Crippen molar-refractivity contribution in [3.63, 3.8) is 0 Å². The Balaban J connectivity index is 1.49. The standard InChI is InChI=1S/C23H26ClN3O5S/c1-14(2)15-5-7-17(8-6-15)25-23(29)16-4-3-9-27(12-16)33(30,31)21-11-20-19(10-18(21)24)26-22(28)13-32-20/h5-8,10-11,14,16H,3-4,9,12-13H2,1-2H3,(H,25,29)(H,26,28)/t16-/m0/s1. The molecular weight excluding hydrogens is 466 g/mol. The summed E-state index contributed by atoms with van der Waals surface area (Å²) in [5.74, 6) is -0.393. The second-order valence-corrected chi connectivity index (χ2v) is 10.9. The van der Waals surface area contributed by atoms with Crippen LogP contribution in [0, 0.1) is 5.92 Å². The molecule has 2 aliphatic heterocycles. The summed E-state index contributed by atoms with van der Waals surface area (Å²) < 4.78 is 33.3. The predicted molar refractivity (Wildman–Crippen MR) is 126 cm³/mol. The van der Waals surface area contributed by atoms with Crippen molar-refractivity contribution >= 4 is 44.8 Å². The predicted octanol–water partition coefficient (Wildman–Crippen LogP) is 3.83. The van der Waals surface area contributed by atoms with Crippen molar-refractivity contribution in [2.45, 2.75) is 37.5 Å². The summed E-state index contributed by atoms with van der Waals surface area (Å²) in [5, 5.41) is 5.49. The van der Waals surface area contributed by atoms with Gasteiger partial charge in [0.15, 0.2) is 6.61 Å². The normalized spacial score (nSPS) is 18.9. The maximum atomic E-state index is 13.4. The van der Waals surface area contributed by atoms with Gasteiger partial charge in [0.1, 0.15) is 10.6 Å². The number of sulfonamides is 1. The first-order valence-electron chi connectivity index (χ1n) is 10.8. The number of carbonyl (C=O) groups is 2. The molecule has 0 aliphatic carbocycles. The van der Waals surface area contributed by atoms with Crippen molar-refractivity contribution < 1.29 is 22.7 Å². The van der Waals surface area contributed by atoms with Crippen LogP contribution in [0.25, 0.3) is 0 Å². The molecule has 0 saturated carbocycles. The molecule has 0 aromatic heterocycles. The van der Waals surface area contributed by atoms with E-state index in [1.165, 1.54) is 22.0 Å². The van der Waals surface area contributed by atoms with E-state index in [0.29, 0.717) is 36.7 Å². The Morgan fingerprint density at radius 1 is 1.24 bits per heavy atom. The van der Waals surface area contributed by atoms with Gasteiger partial charge in [0.05, 0.1) is 16.6 Å². The quantitative estimate of drug-likeness (QED) is 0.661. The number of hydrogen-bond acceptors (Lipinski definition) is 5. The van der Waals surface area contributed by atoms with Crippen LogP contribution in [-0.2, 0) is 19.6 Å². The fourth-order valence-corrected chi connectivity index (χ4v) is 6.03. The number of ether oxygens (including phenoxy) is 1. The van der Waals surface area contributed by atoms with Gasteiger partial charge < -0.3 is 15.4 Å². The number of piperidine rings is 1. The Hall–Kier alpha value is -2.62. The van der Waals surface area contributed by atoms with E-state index < -0.39 is 15.9 Å². The third kappa shape index (κ3) is 5.00. The number of hydrogen-bond donors (Lipinski definition) is 2. The van der Waals surface area contributed by atoms with Crippen molar-refractivity contribution in [3.05, 3.63) is 47.0 Å². The van der Waals surface area contributed by atoms with Crippen molar-refractivity contribution in [2.24, 2.45) is 5.92 Å². The van der Waals surface area contributed by atoms with Crippen LogP contribution < -0.4 is 15.4 Å². The molecule has 176 valence electrons. The van der Waals surface area contributed by atoms with E-state index in [1.54, 1.807) is 0 Å². The zero-order valence-electron chi connectivity index (χ0n) is 18.4. The maximum absolute atomic E-state index is 13.4. The highest BCUT2D eigenvalue weighted by Gasteiger charge is 2.35. The Bertz CT molecular complexity index is 1180. The minimum Gasteiger partial charge on any atom is -0.482 e. The lowest BCUT2D eigenvalue weighted by atomic mass is 9.98. The molecule has 0 unspecified atom stereocenters. The smallest absolute Gasteiger partial charge is 0.262 e. The Morgan fingerprint density at radius 2 is 1.97 bits per heavy atom. The number of carbonyl (C=O) groups excluding carboxylic acids is 2. The lowest BCUT2D eigenvalue weighted by Gasteiger charge is -2.31. The third-order valence-electron chi connectivity index (χ3n) is 5.88. The summed E-state index contributed by atoms with van der Waals surface area (Å²) in [4.78, 5) is 24.3. The van der Waals surface area contributed by atoms with Gasteiger partial charge in [-0.15, -0.1) is 0 Å². The molecule has 2 aliphatic rings. The number of halogens is 1. The minimum atomic E-state index is -3.97. The number of rotatable bonds is 5. The largest absolute Gasteiger partial charge is 0.482 e. The van der Waals surface area contributed by atoms with Gasteiger partial charge in [-0.1, -0.05) is 37.6 Å². The van der Waals surface area contributed by atoms with E-state index in [9.17, 15) is 18.0 Å². The van der Waals surface area contributed by atoms with Crippen molar-refractivity contribution in [1.29, 1.82) is 0 Å². The molecule has 0 bridgehead atoms. The third-order valence-corrected chi connectivity index (χ3v) is 8.21. The number of fused-ring (bicyclic) bond motifs is 1. The van der Waals surface area contributed by atoms with Crippen LogP contribution in [0.5, 0.6) is 5.75 Å². The second-order valence-electron chi connectivity index (χ2n) is 8.58. The molecule has 10 heteroatoms. The summed E-state index contributed by atoms with van der Waals surface area (Å²) >= 11 is 6.26. The van der Waals surface area contributed by atoms with E-state index in [0.717, 1.165) is 0 Å². The molecule has 2 heterocycles. The highest BCUT2D eigenvalue weighted by molar-refractivity contribution is 7.89. The summed E-state index contributed by atoms with van der Waals surface area (Å²) in [5.41, 5.74) is 2.18. The summed E-state index contributed by atoms with van der Waals surface area (Å²) in [7, 11) is -3.97. The van der Waals surface area contributed by atoms with Crippen molar-refractivity contribution in [2.75, 3.05) is 30.3 Å². The molecule has 8 nitrogen and oxygen atoms in total. The van der Waals surface area contributed by atoms with Gasteiger partial charge in [-0.05, 0) is 42.5 Å². The molecule has 1 atom stereocenters. The first-order chi connectivity index (χ1) is 15.6. The molecule has 2 N–H and O–H groups in total. The molecule has 0 radical (unpaired) electrons. The highest BCUT2D eigenvalue weighted by Crippen LogP contribution is 2.37. The van der Waals surface area contributed by atoms with E-state index in [2.05, 4.69) is 24.5 Å². The van der Waals surface area contributed by atoms with Gasteiger partial charge in [-0.3, -0.25) is 9.59 Å². The van der Waals surface area contributed by atoms with Gasteiger partial charge in [0.2, 0.25) is 15.9 Å². The summed E-state index contributed by atoms with van der Waals surface area (Å²) in [6.45, 7) is 4.35. The number of nitrogens with zero attached hydrogens (tertiary/aromatic N) is 1. The summed E-state index contributed by atoms with van der Waals surface area (Å²) in [6, 6.07) is 10.4. The molecule has 4 rings (SSSR count). The number of benzene rings is 2. The monoisotopic (exact) mass is 491 g/mol. The van der Waals surface area contributed by atoms with Crippen LogP contribution in [0.1, 0.15) is 38.2 Å². The minimum absolute atomic E-state index is 0.0173. The molecule has 2 aromatic carbocycles. The molecular formula is C23H26ClN3O5S. The van der Waals surface area contributed by atoms with Crippen LogP contribution in [-0.4, -0.2) is 44.2 Å². The van der Waals surface area contributed by atoms with Crippen LogP contribution in [0.15, 0.2) is 41.3 Å². The zero-order valence-corrected chi connectivity index (χ0v) is 20.0. The van der Waals surface area contributed by atoms with E-state index in [-0.39, 0.29) is 40.6 Å². The average Bonchev–Trinajstić information content (AvgIpc) is 2.78. The molecule has 1 saturated heterocycles. The van der Waals surface area contributed by atoms with Crippen molar-refractivity contribution in [1.82, 2.24) is 4.31 Å². The number of amides is 2. The van der Waals surface area contributed by atoms with Crippen LogP contribution in [0.3, 0.4) is 0 Å². The molecule has 1 fully saturated rings. The van der Waals surface area contributed by atoms with Gasteiger partial charge in [-0.2, -0.15) is 4.31 Å². The van der Waals surface area contributed by atoms with Gasteiger partial charge in [-0.25, -0.2) is 8.42 Å². The molecule has 0 spiro atoms. The van der Waals surface area contributed by atoms with E-state index in [1.807, 2.05) is 24.3 Å². The number of nitrogens with one attached hydrogen (secondary N) is 2. The summed E-state index contributed by atoms with van der Waals surface area (Å²) in [6.07, 6.45) is 1.15. The SMILES string of the molecule is CC(C)c1ccc(NC(=O)[C@H]2CCCN(S(=O)(=O)c3cc4c(cc3Cl)NC(=O)CO4)C2)cc1.